The Kier molecular flexibility index (Phi) is 5.08. The van der Waals surface area contributed by atoms with Crippen molar-refractivity contribution in [2.75, 3.05) is 14.2 Å². The summed E-state index contributed by atoms with van der Waals surface area (Å²) in [5.41, 5.74) is 1.29. The Morgan fingerprint density at radius 1 is 1.23 bits per heavy atom. The van der Waals surface area contributed by atoms with Gasteiger partial charge < -0.3 is 10.4 Å². The molecule has 0 aliphatic carbocycles. The number of aromatic nitrogens is 3. The molecule has 0 bridgehead atoms. The maximum Gasteiger partial charge on any atom is 0.253 e. The van der Waals surface area contributed by atoms with Gasteiger partial charge in [0.25, 0.3) is 5.91 Å². The van der Waals surface area contributed by atoms with E-state index in [1.807, 2.05) is 12.1 Å². The molecule has 0 unspecified atom stereocenters. The molecule has 0 fully saturated rings. The van der Waals surface area contributed by atoms with Crippen LogP contribution in [0.15, 0.2) is 42.9 Å². The van der Waals surface area contributed by atoms with Gasteiger partial charge in [0.15, 0.2) is 0 Å². The van der Waals surface area contributed by atoms with Crippen molar-refractivity contribution in [3.63, 3.8) is 0 Å². The van der Waals surface area contributed by atoms with Gasteiger partial charge in [-0.1, -0.05) is 17.7 Å². The fraction of sp³-hybridized carbons (Fsp3) is 0.133. The number of nitrogens with one attached hydrogen (secondary N) is 1. The third kappa shape index (κ3) is 2.79. The topological polar surface area (TPSA) is 80.0 Å². The van der Waals surface area contributed by atoms with Crippen LogP contribution >= 0.6 is 11.6 Å². The largest absolute Gasteiger partial charge is 0.400 e. The molecule has 114 valence electrons. The van der Waals surface area contributed by atoms with Gasteiger partial charge in [-0.2, -0.15) is 0 Å². The predicted octanol–water partition coefficient (Wildman–Crippen LogP) is 2.04. The van der Waals surface area contributed by atoms with Crippen LogP contribution in [0.1, 0.15) is 10.4 Å². The Labute approximate surface area is 132 Å². The maximum atomic E-state index is 12.0. The average molecular weight is 319 g/mol. The van der Waals surface area contributed by atoms with E-state index in [0.717, 1.165) is 12.6 Å². The Bertz CT molecular complexity index is 787. The maximum absolute atomic E-state index is 12.0. The molecule has 0 aliphatic rings. The van der Waals surface area contributed by atoms with E-state index < -0.39 is 0 Å². The molecule has 0 saturated heterocycles. The highest BCUT2D eigenvalue weighted by Crippen LogP contribution is 2.29. The summed E-state index contributed by atoms with van der Waals surface area (Å²) in [7, 11) is 2.58. The Hall–Kier alpha value is -2.44. The van der Waals surface area contributed by atoms with E-state index in [0.29, 0.717) is 21.9 Å². The number of fused-ring (bicyclic) bond motifs is 1. The molecular weight excluding hydrogens is 304 g/mol. The van der Waals surface area contributed by atoms with Crippen LogP contribution in [-0.2, 0) is 0 Å². The molecule has 3 rings (SSSR count). The first-order valence-corrected chi connectivity index (χ1v) is 6.84. The van der Waals surface area contributed by atoms with Gasteiger partial charge in [0.2, 0.25) is 5.95 Å². The second kappa shape index (κ2) is 7.02. The van der Waals surface area contributed by atoms with Crippen molar-refractivity contribution in [3.05, 3.63) is 53.4 Å². The van der Waals surface area contributed by atoms with Gasteiger partial charge in [-0.3, -0.25) is 9.36 Å². The van der Waals surface area contributed by atoms with Crippen LogP contribution in [0.25, 0.3) is 16.9 Å². The smallest absolute Gasteiger partial charge is 0.253 e. The average Bonchev–Trinajstić information content (AvgIpc) is 2.98. The van der Waals surface area contributed by atoms with Crippen molar-refractivity contribution in [1.29, 1.82) is 0 Å². The fourth-order valence-corrected chi connectivity index (χ4v) is 2.40. The Morgan fingerprint density at radius 2 is 1.91 bits per heavy atom. The molecule has 7 heteroatoms. The second-order valence-electron chi connectivity index (χ2n) is 4.17. The number of nitrogens with zero attached hydrogens (tertiary/aromatic N) is 3. The molecule has 0 atom stereocenters. The van der Waals surface area contributed by atoms with Gasteiger partial charge in [0, 0.05) is 38.1 Å². The molecule has 0 aliphatic heterocycles. The van der Waals surface area contributed by atoms with E-state index in [9.17, 15) is 4.79 Å². The number of rotatable bonds is 2. The third-order valence-corrected chi connectivity index (χ3v) is 3.33. The van der Waals surface area contributed by atoms with E-state index in [4.69, 9.17) is 16.7 Å². The summed E-state index contributed by atoms with van der Waals surface area (Å²) in [6.07, 6.45) is 5.00. The number of carbonyl (C=O) groups excluding carboxylic acids is 1. The highest BCUT2D eigenvalue weighted by atomic mass is 35.5. The summed E-state index contributed by atoms with van der Waals surface area (Å²) in [4.78, 5) is 20.4. The van der Waals surface area contributed by atoms with Gasteiger partial charge in [-0.25, -0.2) is 9.97 Å². The highest BCUT2D eigenvalue weighted by Gasteiger charge is 2.17. The van der Waals surface area contributed by atoms with Gasteiger partial charge in [-0.15, -0.1) is 0 Å². The van der Waals surface area contributed by atoms with E-state index in [1.165, 1.54) is 0 Å². The minimum atomic E-state index is -0.196. The van der Waals surface area contributed by atoms with Crippen LogP contribution in [0.5, 0.6) is 0 Å². The summed E-state index contributed by atoms with van der Waals surface area (Å²) in [5.74, 6) is 0.299. The van der Waals surface area contributed by atoms with Crippen LogP contribution < -0.4 is 5.32 Å². The number of hydrogen-bond donors (Lipinski definition) is 2. The lowest BCUT2D eigenvalue weighted by molar-refractivity contribution is 0.0964. The number of aliphatic hydroxyl groups excluding tert-OH is 1. The minimum Gasteiger partial charge on any atom is -0.400 e. The predicted molar refractivity (Wildman–Crippen MR) is 85.4 cm³/mol. The zero-order valence-electron chi connectivity index (χ0n) is 12.1. The molecule has 0 spiro atoms. The van der Waals surface area contributed by atoms with Crippen LogP contribution in [0.3, 0.4) is 0 Å². The number of benzene rings is 1. The van der Waals surface area contributed by atoms with Crippen molar-refractivity contribution in [2.24, 2.45) is 0 Å². The van der Waals surface area contributed by atoms with Gasteiger partial charge in [-0.05, 0) is 18.2 Å². The number of halogens is 1. The number of carbonyl (C=O) groups is 1. The molecule has 2 aromatic heterocycles. The Morgan fingerprint density at radius 3 is 2.55 bits per heavy atom. The summed E-state index contributed by atoms with van der Waals surface area (Å²) in [6, 6.07) is 7.20. The summed E-state index contributed by atoms with van der Waals surface area (Å²) >= 11 is 6.23. The van der Waals surface area contributed by atoms with Crippen molar-refractivity contribution >= 4 is 28.4 Å². The first kappa shape index (κ1) is 15.9. The molecule has 6 nitrogen and oxygen atoms in total. The van der Waals surface area contributed by atoms with Gasteiger partial charge >= 0.3 is 0 Å². The zero-order chi connectivity index (χ0) is 16.1. The van der Waals surface area contributed by atoms with Crippen molar-refractivity contribution in [1.82, 2.24) is 19.9 Å². The molecule has 1 amide bonds. The standard InChI is InChI=1S/C14H11ClN4O.CH4O/c1-16-13(20)9-8-19(14-17-6-3-7-18-14)11-5-2-4-10(15)12(9)11;1-2/h2-8H,1H3,(H,16,20);2H,1H3. The monoisotopic (exact) mass is 318 g/mol. The van der Waals surface area contributed by atoms with Crippen LogP contribution in [0, 0.1) is 0 Å². The second-order valence-corrected chi connectivity index (χ2v) is 4.58. The highest BCUT2D eigenvalue weighted by molar-refractivity contribution is 6.36. The molecule has 0 saturated carbocycles. The Balaban J connectivity index is 0.000000847. The summed E-state index contributed by atoms with van der Waals surface area (Å²) in [5, 5.41) is 10.8. The van der Waals surface area contributed by atoms with Gasteiger partial charge in [0.05, 0.1) is 16.1 Å². The molecule has 2 heterocycles. The van der Waals surface area contributed by atoms with Crippen molar-refractivity contribution in [3.8, 4) is 5.95 Å². The fourth-order valence-electron chi connectivity index (χ4n) is 2.13. The first-order valence-electron chi connectivity index (χ1n) is 6.46. The number of hydrogen-bond acceptors (Lipinski definition) is 4. The van der Waals surface area contributed by atoms with Crippen LogP contribution in [0.4, 0.5) is 0 Å². The molecular formula is C15H15ClN4O2. The van der Waals surface area contributed by atoms with Crippen molar-refractivity contribution in [2.45, 2.75) is 0 Å². The molecule has 22 heavy (non-hydrogen) atoms. The van der Waals surface area contributed by atoms with E-state index in [2.05, 4.69) is 15.3 Å². The SMILES string of the molecule is CNC(=O)c1cn(-c2ncccn2)c2cccc(Cl)c12.CO. The van der Waals surface area contributed by atoms with Crippen molar-refractivity contribution < 1.29 is 9.90 Å². The quantitative estimate of drug-likeness (QED) is 0.758. The summed E-state index contributed by atoms with van der Waals surface area (Å²) in [6.45, 7) is 0. The first-order chi connectivity index (χ1) is 10.7. The lowest BCUT2D eigenvalue weighted by Crippen LogP contribution is -2.17. The molecule has 1 aromatic carbocycles. The lowest BCUT2D eigenvalue weighted by atomic mass is 10.1. The van der Waals surface area contributed by atoms with Crippen LogP contribution in [-0.4, -0.2) is 39.7 Å². The third-order valence-electron chi connectivity index (χ3n) is 3.02. The lowest BCUT2D eigenvalue weighted by Gasteiger charge is -2.02. The van der Waals surface area contributed by atoms with E-state index >= 15 is 0 Å². The molecule has 3 aromatic rings. The number of amides is 1. The van der Waals surface area contributed by atoms with Crippen LogP contribution in [0.2, 0.25) is 5.02 Å². The molecule has 0 radical (unpaired) electrons. The van der Waals surface area contributed by atoms with E-state index in [1.54, 1.807) is 42.3 Å². The number of aliphatic hydroxyl groups is 1. The zero-order valence-corrected chi connectivity index (χ0v) is 12.9. The molecule has 2 N–H and O–H groups in total. The van der Waals surface area contributed by atoms with E-state index in [-0.39, 0.29) is 5.91 Å². The normalized spacial score (nSPS) is 10.0. The van der Waals surface area contributed by atoms with Gasteiger partial charge in [0.1, 0.15) is 0 Å². The summed E-state index contributed by atoms with van der Waals surface area (Å²) < 4.78 is 1.76. The minimum absolute atomic E-state index is 0.196.